The molecule has 0 saturated heterocycles. The van der Waals surface area contributed by atoms with Gasteiger partial charge in [0.25, 0.3) is 6.43 Å². The summed E-state index contributed by atoms with van der Waals surface area (Å²) in [5, 5.41) is 8.30. The zero-order valence-corrected chi connectivity index (χ0v) is 9.21. The fraction of sp³-hybridized carbons (Fsp3) is 0.111. The van der Waals surface area contributed by atoms with Gasteiger partial charge in [-0.25, -0.2) is 18.0 Å². The fourth-order valence-electron chi connectivity index (χ4n) is 1.02. The average molecular weight is 296 g/mol. The van der Waals surface area contributed by atoms with Crippen molar-refractivity contribution in [3.8, 4) is 0 Å². The number of rotatable bonds is 2. The normalized spacial score (nSPS) is 11.9. The summed E-state index contributed by atoms with van der Waals surface area (Å²) in [4.78, 5) is 12.9. The molecule has 16 heavy (non-hydrogen) atoms. The van der Waals surface area contributed by atoms with E-state index in [1.54, 1.807) is 0 Å². The Morgan fingerprint density at radius 2 is 2.06 bits per heavy atom. The molecule has 86 valence electrons. The van der Waals surface area contributed by atoms with E-state index in [0.717, 1.165) is 12.1 Å². The van der Waals surface area contributed by atoms with Crippen molar-refractivity contribution in [2.24, 2.45) is 4.99 Å². The lowest BCUT2D eigenvalue weighted by molar-refractivity contribution is 0.202. The summed E-state index contributed by atoms with van der Waals surface area (Å²) in [5.74, 6) is -0.955. The first-order valence-electron chi connectivity index (χ1n) is 3.97. The van der Waals surface area contributed by atoms with Gasteiger partial charge in [0.05, 0.1) is 0 Å². The van der Waals surface area contributed by atoms with Crippen LogP contribution in [0.25, 0.3) is 0 Å². The summed E-state index contributed by atoms with van der Waals surface area (Å²) in [6.45, 7) is 0. The molecule has 0 radical (unpaired) electrons. The van der Waals surface area contributed by atoms with Crippen LogP contribution in [0.2, 0.25) is 0 Å². The number of carboxylic acid groups (broad SMARTS) is 1. The molecule has 0 aliphatic heterocycles. The van der Waals surface area contributed by atoms with Crippen molar-refractivity contribution in [3.63, 3.8) is 0 Å². The van der Waals surface area contributed by atoms with Crippen molar-refractivity contribution in [2.75, 3.05) is 0 Å². The van der Waals surface area contributed by atoms with Gasteiger partial charge in [0, 0.05) is 10.0 Å². The Kier molecular flexibility index (Phi) is 4.05. The number of alkyl halides is 2. The number of benzene rings is 1. The highest BCUT2D eigenvalue weighted by molar-refractivity contribution is 9.10. The Balaban J connectivity index is 3.31. The smallest absolute Gasteiger partial charge is 0.431 e. The molecule has 0 atom stereocenters. The second-order valence-electron chi connectivity index (χ2n) is 2.70. The number of hydrogen-bond donors (Lipinski definition) is 1. The highest BCUT2D eigenvalue weighted by atomic mass is 79.9. The number of halogens is 4. The molecule has 0 bridgehead atoms. The Labute approximate surface area is 96.7 Å². The molecule has 1 aromatic carbocycles. The van der Waals surface area contributed by atoms with Crippen LogP contribution in [0.15, 0.2) is 27.7 Å². The van der Waals surface area contributed by atoms with E-state index in [1.807, 2.05) is 0 Å². The highest BCUT2D eigenvalue weighted by Crippen LogP contribution is 2.19. The van der Waals surface area contributed by atoms with Crippen LogP contribution in [0, 0.1) is 5.82 Å². The topological polar surface area (TPSA) is 49.7 Å². The van der Waals surface area contributed by atoms with E-state index in [-0.39, 0.29) is 0 Å². The van der Waals surface area contributed by atoms with Crippen molar-refractivity contribution in [2.45, 2.75) is 6.43 Å². The summed E-state index contributed by atoms with van der Waals surface area (Å²) in [7, 11) is 0. The van der Waals surface area contributed by atoms with Gasteiger partial charge in [0.2, 0.25) is 0 Å². The largest absolute Gasteiger partial charge is 0.463 e. The van der Waals surface area contributed by atoms with Gasteiger partial charge in [-0.15, -0.1) is 0 Å². The molecule has 0 aromatic heterocycles. The van der Waals surface area contributed by atoms with Crippen LogP contribution < -0.4 is 0 Å². The van der Waals surface area contributed by atoms with Gasteiger partial charge in [-0.05, 0) is 18.2 Å². The summed E-state index contributed by atoms with van der Waals surface area (Å²) >= 11 is 2.97. The van der Waals surface area contributed by atoms with Crippen LogP contribution in [0.3, 0.4) is 0 Å². The summed E-state index contributed by atoms with van der Waals surface area (Å²) < 4.78 is 38.5. The van der Waals surface area contributed by atoms with Crippen molar-refractivity contribution in [1.82, 2.24) is 0 Å². The molecule has 0 saturated carbocycles. The van der Waals surface area contributed by atoms with Crippen molar-refractivity contribution in [1.29, 1.82) is 0 Å². The molecule has 1 rings (SSSR count). The minimum atomic E-state index is -3.17. The number of aliphatic imine (C=N–C) groups is 1. The van der Waals surface area contributed by atoms with Crippen LogP contribution in [-0.2, 0) is 0 Å². The Bertz CT molecular complexity index is 448. The maximum atomic E-state index is 13.2. The first-order valence-corrected chi connectivity index (χ1v) is 4.76. The lowest BCUT2D eigenvalue weighted by Crippen LogP contribution is -2.16. The first-order chi connectivity index (χ1) is 7.41. The van der Waals surface area contributed by atoms with Gasteiger partial charge in [-0.1, -0.05) is 15.9 Å². The van der Waals surface area contributed by atoms with Crippen molar-refractivity contribution >= 4 is 27.7 Å². The third-order valence-corrected chi connectivity index (χ3v) is 2.12. The first kappa shape index (κ1) is 12.7. The third kappa shape index (κ3) is 3.06. The molecule has 3 nitrogen and oxygen atoms in total. The van der Waals surface area contributed by atoms with Crippen molar-refractivity contribution in [3.05, 3.63) is 34.1 Å². The monoisotopic (exact) mass is 295 g/mol. The van der Waals surface area contributed by atoms with Gasteiger partial charge in [-0.3, -0.25) is 0 Å². The predicted molar refractivity (Wildman–Crippen MR) is 54.7 cm³/mol. The number of hydrogen-bond acceptors (Lipinski definition) is 1. The maximum Gasteiger partial charge on any atom is 0.431 e. The van der Waals surface area contributed by atoms with E-state index < -0.39 is 29.6 Å². The van der Waals surface area contributed by atoms with E-state index in [2.05, 4.69) is 20.9 Å². The van der Waals surface area contributed by atoms with Crippen molar-refractivity contribution < 1.29 is 23.1 Å². The fourth-order valence-corrected chi connectivity index (χ4v) is 1.38. The lowest BCUT2D eigenvalue weighted by Gasteiger charge is -2.06. The molecule has 0 aliphatic rings. The predicted octanol–water partition coefficient (Wildman–Crippen LogP) is 3.32. The van der Waals surface area contributed by atoms with Gasteiger partial charge in [0.1, 0.15) is 11.5 Å². The van der Waals surface area contributed by atoms with Crippen LogP contribution in [-0.4, -0.2) is 23.3 Å². The standard InChI is InChI=1S/C9H5BrF3NO2/c10-4-1-2-6(11)5(3-4)7(8(12)13)14-9(15)16/h1-3,8H,(H,15,16). The lowest BCUT2D eigenvalue weighted by atomic mass is 10.1. The molecule has 0 aliphatic carbocycles. The minimum absolute atomic E-state index is 0.350. The second-order valence-corrected chi connectivity index (χ2v) is 3.62. The molecule has 0 unspecified atom stereocenters. The van der Waals surface area contributed by atoms with Gasteiger partial charge in [-0.2, -0.15) is 4.99 Å². The minimum Gasteiger partial charge on any atom is -0.463 e. The Hall–Kier alpha value is -1.37. The highest BCUT2D eigenvalue weighted by Gasteiger charge is 2.21. The summed E-state index contributed by atoms with van der Waals surface area (Å²) in [5.41, 5.74) is -1.64. The quantitative estimate of drug-likeness (QED) is 0.851. The van der Waals surface area contributed by atoms with Gasteiger partial charge >= 0.3 is 6.09 Å². The van der Waals surface area contributed by atoms with Crippen LogP contribution in [0.4, 0.5) is 18.0 Å². The van der Waals surface area contributed by atoms with Crippen LogP contribution >= 0.6 is 15.9 Å². The summed E-state index contributed by atoms with van der Waals surface area (Å²) in [6, 6.07) is 3.30. The molecule has 0 fully saturated rings. The molecule has 0 heterocycles. The van der Waals surface area contributed by atoms with E-state index in [4.69, 9.17) is 5.11 Å². The molecular formula is C9H5BrF3NO2. The SMILES string of the molecule is O=C(O)N=C(c1cc(Br)ccc1F)C(F)F. The number of carbonyl (C=O) groups is 1. The molecule has 7 heteroatoms. The Morgan fingerprint density at radius 1 is 1.44 bits per heavy atom. The van der Waals surface area contributed by atoms with Crippen LogP contribution in [0.1, 0.15) is 5.56 Å². The second kappa shape index (κ2) is 5.11. The van der Waals surface area contributed by atoms with E-state index in [0.29, 0.717) is 4.47 Å². The van der Waals surface area contributed by atoms with Crippen LogP contribution in [0.5, 0.6) is 0 Å². The summed E-state index contributed by atoms with van der Waals surface area (Å²) in [6.07, 6.45) is -4.96. The zero-order chi connectivity index (χ0) is 12.3. The van der Waals surface area contributed by atoms with Gasteiger partial charge in [0.15, 0.2) is 0 Å². The molecule has 1 N–H and O–H groups in total. The molecular weight excluding hydrogens is 291 g/mol. The van der Waals surface area contributed by atoms with Gasteiger partial charge < -0.3 is 5.11 Å². The van der Waals surface area contributed by atoms with E-state index in [1.165, 1.54) is 6.07 Å². The maximum absolute atomic E-state index is 13.2. The molecule has 1 amide bonds. The van der Waals surface area contributed by atoms with E-state index in [9.17, 15) is 18.0 Å². The Morgan fingerprint density at radius 3 is 2.56 bits per heavy atom. The third-order valence-electron chi connectivity index (χ3n) is 1.63. The average Bonchev–Trinajstić information content (AvgIpc) is 2.18. The van der Waals surface area contributed by atoms with E-state index >= 15 is 0 Å². The molecule has 1 aromatic rings. The molecule has 0 spiro atoms. The zero-order valence-electron chi connectivity index (χ0n) is 7.62. The number of amides is 1. The number of nitrogens with zero attached hydrogens (tertiary/aromatic N) is 1.